The first kappa shape index (κ1) is 22.5. The quantitative estimate of drug-likeness (QED) is 0.662. The highest BCUT2D eigenvalue weighted by Gasteiger charge is 2.56. The van der Waals surface area contributed by atoms with Gasteiger partial charge in [0.15, 0.2) is 0 Å². The van der Waals surface area contributed by atoms with Crippen LogP contribution in [0.15, 0.2) is 18.2 Å². The number of hydrogen-bond donors (Lipinski definition) is 1. The summed E-state index contributed by atoms with van der Waals surface area (Å²) in [6.07, 6.45) is 4.23. The van der Waals surface area contributed by atoms with E-state index in [0.29, 0.717) is 24.6 Å². The average molecular weight is 477 g/mol. The van der Waals surface area contributed by atoms with Crippen LogP contribution in [0.1, 0.15) is 53.2 Å². The molecule has 3 aliphatic heterocycles. The number of benzene rings is 1. The van der Waals surface area contributed by atoms with Crippen LogP contribution in [-0.4, -0.2) is 94.7 Å². The first-order valence-electron chi connectivity index (χ1n) is 12.7. The Morgan fingerprint density at radius 1 is 1.23 bits per heavy atom. The topological polar surface area (TPSA) is 114 Å². The summed E-state index contributed by atoms with van der Waals surface area (Å²) < 4.78 is 0. The average Bonchev–Trinajstić information content (AvgIpc) is 3.18. The number of fused-ring (bicyclic) bond motifs is 4. The van der Waals surface area contributed by atoms with Gasteiger partial charge in [0, 0.05) is 44.8 Å². The Morgan fingerprint density at radius 2 is 2.03 bits per heavy atom. The van der Waals surface area contributed by atoms with E-state index in [1.807, 2.05) is 18.2 Å². The summed E-state index contributed by atoms with van der Waals surface area (Å²) in [7, 11) is 3.50. The van der Waals surface area contributed by atoms with Gasteiger partial charge in [0.2, 0.25) is 11.8 Å². The third kappa shape index (κ3) is 3.46. The van der Waals surface area contributed by atoms with Crippen molar-refractivity contribution in [2.45, 2.75) is 68.4 Å². The molecule has 184 valence electrons. The van der Waals surface area contributed by atoms with Gasteiger partial charge in [-0.15, -0.1) is 0 Å². The lowest BCUT2D eigenvalue weighted by atomic mass is 10.0. The number of nitrogens with two attached hydrogens (primary N) is 1. The van der Waals surface area contributed by atoms with Crippen LogP contribution in [-0.2, 0) is 16.0 Å². The van der Waals surface area contributed by atoms with Crippen LogP contribution in [0.25, 0.3) is 0 Å². The van der Waals surface area contributed by atoms with Crippen LogP contribution in [0.3, 0.4) is 0 Å². The molecule has 0 spiro atoms. The normalized spacial score (nSPS) is 33.5. The number of piperidine rings is 1. The summed E-state index contributed by atoms with van der Waals surface area (Å²) in [4.78, 5) is 46.3. The van der Waals surface area contributed by atoms with Crippen LogP contribution in [0.5, 0.6) is 0 Å². The van der Waals surface area contributed by atoms with Crippen molar-refractivity contribution < 1.29 is 14.4 Å². The summed E-state index contributed by atoms with van der Waals surface area (Å²) in [6.45, 7) is 1.07. The van der Waals surface area contributed by atoms with E-state index in [2.05, 4.69) is 15.9 Å². The Balaban J connectivity index is 1.12. The van der Waals surface area contributed by atoms with E-state index in [-0.39, 0.29) is 47.9 Å². The van der Waals surface area contributed by atoms with Crippen LogP contribution in [0.2, 0.25) is 0 Å². The molecule has 2 aliphatic carbocycles. The highest BCUT2D eigenvalue weighted by Crippen LogP contribution is 2.48. The Labute approximate surface area is 205 Å². The summed E-state index contributed by atoms with van der Waals surface area (Å²) >= 11 is 0. The van der Waals surface area contributed by atoms with Crippen molar-refractivity contribution >= 4 is 17.7 Å². The zero-order chi connectivity index (χ0) is 24.6. The molecule has 0 aromatic heterocycles. The number of aryl methyl sites for hydroxylation is 1. The first-order valence-corrected chi connectivity index (χ1v) is 12.7. The minimum absolute atomic E-state index is 0.0127. The van der Waals surface area contributed by atoms with Crippen molar-refractivity contribution in [3.05, 3.63) is 34.9 Å². The summed E-state index contributed by atoms with van der Waals surface area (Å²) in [6, 6.07) is 7.13. The molecule has 6 rings (SSSR count). The fourth-order valence-electron chi connectivity index (χ4n) is 6.99. The Morgan fingerprint density at radius 3 is 2.74 bits per heavy atom. The maximum atomic E-state index is 13.4. The number of nitriles is 1. The van der Waals surface area contributed by atoms with Crippen LogP contribution >= 0.6 is 0 Å². The predicted octanol–water partition coefficient (Wildman–Crippen LogP) is 0.501. The number of likely N-dealkylation sites (tertiary alicyclic amines) is 3. The van der Waals surface area contributed by atoms with Gasteiger partial charge in [-0.2, -0.15) is 5.26 Å². The second kappa shape index (κ2) is 8.04. The first-order chi connectivity index (χ1) is 16.8. The number of carbonyl (C=O) groups excluding carboxylic acids is 3. The summed E-state index contributed by atoms with van der Waals surface area (Å²) in [5, 5.41) is 9.42. The van der Waals surface area contributed by atoms with Crippen LogP contribution in [0.4, 0.5) is 0 Å². The third-order valence-corrected chi connectivity index (χ3v) is 8.75. The number of piperazine rings is 1. The number of hydrogen-bond acceptors (Lipinski definition) is 6. The molecule has 4 fully saturated rings. The van der Waals surface area contributed by atoms with Gasteiger partial charge in [0.1, 0.15) is 6.04 Å². The van der Waals surface area contributed by atoms with E-state index in [1.165, 1.54) is 0 Å². The van der Waals surface area contributed by atoms with Crippen molar-refractivity contribution in [2.75, 3.05) is 27.2 Å². The van der Waals surface area contributed by atoms with Crippen molar-refractivity contribution in [2.24, 2.45) is 11.7 Å². The minimum atomic E-state index is -0.717. The maximum Gasteiger partial charge on any atom is 0.253 e. The molecule has 1 aromatic rings. The molecule has 4 unspecified atom stereocenters. The van der Waals surface area contributed by atoms with Gasteiger partial charge < -0.3 is 20.4 Å². The SMILES string of the molecule is CN(C)C(=O)c1ccc2c(c1)CC[C@@H]2N1C(=O)C2C[C@H]1CN2CC(N)C(=O)N1C(C#N)C[C@@H]2CC21. The Hall–Kier alpha value is -2.96. The molecule has 9 nitrogen and oxygen atoms in total. The number of amides is 3. The summed E-state index contributed by atoms with van der Waals surface area (Å²) in [5.74, 6) is 0.411. The highest BCUT2D eigenvalue weighted by molar-refractivity contribution is 5.94. The monoisotopic (exact) mass is 476 g/mol. The van der Waals surface area contributed by atoms with Gasteiger partial charge in [-0.1, -0.05) is 6.07 Å². The molecule has 5 aliphatic rings. The van der Waals surface area contributed by atoms with E-state index < -0.39 is 6.04 Å². The van der Waals surface area contributed by atoms with Gasteiger partial charge >= 0.3 is 0 Å². The molecule has 3 saturated heterocycles. The molecule has 7 atom stereocenters. The van der Waals surface area contributed by atoms with Crippen molar-refractivity contribution in [3.63, 3.8) is 0 Å². The lowest BCUT2D eigenvalue weighted by Gasteiger charge is -2.38. The van der Waals surface area contributed by atoms with E-state index in [9.17, 15) is 19.6 Å². The number of carbonyl (C=O) groups is 3. The Bertz CT molecular complexity index is 1140. The van der Waals surface area contributed by atoms with Gasteiger partial charge in [0.25, 0.3) is 5.91 Å². The molecular weight excluding hydrogens is 444 g/mol. The predicted molar refractivity (Wildman–Crippen MR) is 127 cm³/mol. The van der Waals surface area contributed by atoms with E-state index in [0.717, 1.165) is 43.2 Å². The molecule has 35 heavy (non-hydrogen) atoms. The van der Waals surface area contributed by atoms with Crippen molar-refractivity contribution in [1.29, 1.82) is 5.26 Å². The standard InChI is InChI=1S/C26H32N6O3/c1-29(2)24(33)15-3-5-19-14(7-15)4-6-21(19)32-18-10-23(26(32)35)30(12-18)13-20(28)25(34)31-17(11-27)8-16-9-22(16)31/h3,5,7,16-18,20-23H,4,6,8-10,12-13,28H2,1-2H3/t16-,17?,18+,20?,21+,22?,23?/m1/s1. The van der Waals surface area contributed by atoms with Crippen LogP contribution in [0, 0.1) is 17.2 Å². The molecule has 2 bridgehead atoms. The molecular formula is C26H32N6O3. The maximum absolute atomic E-state index is 13.4. The van der Waals surface area contributed by atoms with Crippen molar-refractivity contribution in [3.8, 4) is 6.07 Å². The smallest absolute Gasteiger partial charge is 0.253 e. The molecule has 0 radical (unpaired) electrons. The second-order valence-corrected chi connectivity index (χ2v) is 11.1. The molecule has 3 heterocycles. The zero-order valence-corrected chi connectivity index (χ0v) is 20.3. The molecule has 9 heteroatoms. The van der Waals surface area contributed by atoms with Gasteiger partial charge in [-0.25, -0.2) is 0 Å². The van der Waals surface area contributed by atoms with Crippen LogP contribution < -0.4 is 5.73 Å². The van der Waals surface area contributed by atoms with Gasteiger partial charge in [-0.05, 0) is 61.3 Å². The third-order valence-electron chi connectivity index (χ3n) is 8.75. The van der Waals surface area contributed by atoms with Crippen molar-refractivity contribution in [1.82, 2.24) is 19.6 Å². The Kier molecular flexibility index (Phi) is 5.17. The highest BCUT2D eigenvalue weighted by atomic mass is 16.2. The van der Waals surface area contributed by atoms with Gasteiger partial charge in [-0.3, -0.25) is 19.3 Å². The summed E-state index contributed by atoms with van der Waals surface area (Å²) in [5.41, 5.74) is 9.32. The van der Waals surface area contributed by atoms with E-state index in [4.69, 9.17) is 5.73 Å². The number of rotatable bonds is 5. The second-order valence-electron chi connectivity index (χ2n) is 11.1. The fraction of sp³-hybridized carbons (Fsp3) is 0.615. The molecule has 1 aromatic carbocycles. The largest absolute Gasteiger partial charge is 0.345 e. The fourth-order valence-corrected chi connectivity index (χ4v) is 6.99. The molecule has 2 N–H and O–H groups in total. The molecule has 1 saturated carbocycles. The zero-order valence-electron chi connectivity index (χ0n) is 20.3. The van der Waals surface area contributed by atoms with Gasteiger partial charge in [0.05, 0.1) is 24.2 Å². The lowest BCUT2D eigenvalue weighted by Crippen LogP contribution is -2.57. The lowest BCUT2D eigenvalue weighted by molar-refractivity contribution is -0.141. The van der Waals surface area contributed by atoms with E-state index >= 15 is 0 Å². The minimum Gasteiger partial charge on any atom is -0.345 e. The molecule has 3 amide bonds. The number of nitrogens with zero attached hydrogens (tertiary/aromatic N) is 5. The van der Waals surface area contributed by atoms with E-state index in [1.54, 1.807) is 23.9 Å².